The second-order valence-electron chi connectivity index (χ2n) is 4.24. The Bertz CT molecular complexity index is 707. The van der Waals surface area contributed by atoms with Crippen LogP contribution in [-0.4, -0.2) is 15.9 Å². The zero-order valence-corrected chi connectivity index (χ0v) is 13.1. The van der Waals surface area contributed by atoms with Gasteiger partial charge in [-0.15, -0.1) is 0 Å². The fourth-order valence-electron chi connectivity index (χ4n) is 1.66. The van der Waals surface area contributed by atoms with Gasteiger partial charge in [-0.1, -0.05) is 29.3 Å². The number of nitrogen functional groups attached to an aromatic ring is 1. The molecule has 0 fully saturated rings. The maximum absolute atomic E-state index is 12.1. The van der Waals surface area contributed by atoms with Gasteiger partial charge in [0.1, 0.15) is 5.75 Å². The Labute approximate surface area is 134 Å². The topological polar surface area (TPSA) is 72.2 Å². The van der Waals surface area contributed by atoms with Crippen LogP contribution in [0.1, 0.15) is 0 Å². The molecule has 2 aromatic carbocycles. The summed E-state index contributed by atoms with van der Waals surface area (Å²) >= 11 is 11.8. The highest BCUT2D eigenvalue weighted by Gasteiger charge is 2.13. The third kappa shape index (κ3) is 4.46. The highest BCUT2D eigenvalue weighted by molar-refractivity contribution is 7.86. The number of amides is 1. The van der Waals surface area contributed by atoms with Crippen LogP contribution in [0.15, 0.2) is 47.4 Å². The number of nitrogens with one attached hydrogen (secondary N) is 1. The maximum atomic E-state index is 12.1. The van der Waals surface area contributed by atoms with Crippen molar-refractivity contribution in [1.82, 2.24) is 0 Å². The minimum absolute atomic E-state index is 0.198. The predicted octanol–water partition coefficient (Wildman–Crippen LogP) is 3.32. The molecule has 0 radical (unpaired) electrons. The van der Waals surface area contributed by atoms with Crippen molar-refractivity contribution in [2.24, 2.45) is 0 Å². The number of nitrogens with two attached hydrogens (primary N) is 1. The lowest BCUT2D eigenvalue weighted by Crippen LogP contribution is -2.19. The highest BCUT2D eigenvalue weighted by Crippen LogP contribution is 2.22. The average molecular weight is 343 g/mol. The van der Waals surface area contributed by atoms with Crippen molar-refractivity contribution in [2.75, 3.05) is 16.8 Å². The molecule has 0 heterocycles. The minimum atomic E-state index is -1.54. The van der Waals surface area contributed by atoms with Crippen LogP contribution < -0.4 is 11.1 Å². The largest absolute Gasteiger partial charge is 0.399 e. The molecule has 4 nitrogen and oxygen atoms in total. The van der Waals surface area contributed by atoms with E-state index in [-0.39, 0.29) is 16.7 Å². The van der Waals surface area contributed by atoms with Gasteiger partial charge in [-0.05, 0) is 36.4 Å². The van der Waals surface area contributed by atoms with Crippen molar-refractivity contribution in [2.45, 2.75) is 4.90 Å². The Morgan fingerprint density at radius 1 is 1.19 bits per heavy atom. The lowest BCUT2D eigenvalue weighted by atomic mass is 10.3. The van der Waals surface area contributed by atoms with E-state index in [2.05, 4.69) is 5.32 Å². The fraction of sp³-hybridized carbons (Fsp3) is 0.0714. The second kappa shape index (κ2) is 6.93. The number of benzene rings is 2. The van der Waals surface area contributed by atoms with Crippen molar-refractivity contribution in [1.29, 1.82) is 0 Å². The fourth-order valence-corrected chi connectivity index (χ4v) is 3.26. The summed E-state index contributed by atoms with van der Waals surface area (Å²) in [6.07, 6.45) is 0. The van der Waals surface area contributed by atoms with Gasteiger partial charge in [-0.2, -0.15) is 0 Å². The zero-order valence-electron chi connectivity index (χ0n) is 10.8. The molecule has 21 heavy (non-hydrogen) atoms. The lowest BCUT2D eigenvalue weighted by molar-refractivity contribution is -0.113. The maximum Gasteiger partial charge on any atom is 0.237 e. The standard InChI is InChI=1S/C14H12Cl2N2O2S/c15-9-2-1-3-11(6-9)18-14(19)8-21(20)13-5-4-10(17)7-12(13)16/h1-7H,8,17H2,(H,18,19). The van der Waals surface area contributed by atoms with Crippen LogP contribution in [0.4, 0.5) is 11.4 Å². The molecule has 0 aliphatic heterocycles. The summed E-state index contributed by atoms with van der Waals surface area (Å²) in [5.74, 6) is -0.584. The molecular formula is C14H12Cl2N2O2S. The Kier molecular flexibility index (Phi) is 5.22. The van der Waals surface area contributed by atoms with E-state index in [0.29, 0.717) is 21.3 Å². The molecule has 0 aliphatic rings. The number of hydrogen-bond acceptors (Lipinski definition) is 3. The summed E-state index contributed by atoms with van der Waals surface area (Å²) < 4.78 is 12.1. The van der Waals surface area contributed by atoms with Gasteiger partial charge in [0.05, 0.1) is 20.7 Å². The molecule has 0 aromatic heterocycles. The number of carbonyl (C=O) groups excluding carboxylic acids is 1. The first-order valence-corrected chi connectivity index (χ1v) is 8.02. The molecule has 2 rings (SSSR count). The van der Waals surface area contributed by atoms with Crippen LogP contribution in [0.5, 0.6) is 0 Å². The van der Waals surface area contributed by atoms with E-state index in [1.807, 2.05) is 0 Å². The van der Waals surface area contributed by atoms with Gasteiger partial charge < -0.3 is 11.1 Å². The van der Waals surface area contributed by atoms with Crippen LogP contribution in [0.2, 0.25) is 10.0 Å². The van der Waals surface area contributed by atoms with E-state index in [1.54, 1.807) is 36.4 Å². The number of rotatable bonds is 4. The molecule has 1 amide bonds. The molecule has 1 atom stereocenters. The van der Waals surface area contributed by atoms with E-state index >= 15 is 0 Å². The first-order valence-electron chi connectivity index (χ1n) is 5.94. The molecule has 0 spiro atoms. The summed E-state index contributed by atoms with van der Waals surface area (Å²) in [6, 6.07) is 11.4. The molecule has 3 N–H and O–H groups in total. The monoisotopic (exact) mass is 342 g/mol. The van der Waals surface area contributed by atoms with E-state index in [0.717, 1.165) is 0 Å². The summed E-state index contributed by atoms with van der Waals surface area (Å²) in [5, 5.41) is 3.42. The Hall–Kier alpha value is -1.56. The normalized spacial score (nSPS) is 11.9. The van der Waals surface area contributed by atoms with Crippen LogP contribution in [0, 0.1) is 0 Å². The lowest BCUT2D eigenvalue weighted by Gasteiger charge is -2.07. The van der Waals surface area contributed by atoms with Crippen LogP contribution >= 0.6 is 23.2 Å². The molecule has 7 heteroatoms. The van der Waals surface area contributed by atoms with Gasteiger partial charge >= 0.3 is 0 Å². The Morgan fingerprint density at radius 3 is 2.62 bits per heavy atom. The molecule has 0 bridgehead atoms. The van der Waals surface area contributed by atoms with Crippen molar-refractivity contribution >= 4 is 51.3 Å². The molecule has 110 valence electrons. The van der Waals surface area contributed by atoms with E-state index in [9.17, 15) is 9.00 Å². The second-order valence-corrected chi connectivity index (χ2v) is 6.50. The summed E-state index contributed by atoms with van der Waals surface area (Å²) in [7, 11) is -1.54. The van der Waals surface area contributed by atoms with Gasteiger partial charge in [-0.3, -0.25) is 9.00 Å². The Balaban J connectivity index is 2.04. The first kappa shape index (κ1) is 15.8. The van der Waals surface area contributed by atoms with E-state index < -0.39 is 10.8 Å². The first-order chi connectivity index (χ1) is 9.95. The van der Waals surface area contributed by atoms with Gasteiger partial charge in [0.15, 0.2) is 0 Å². The number of hydrogen-bond donors (Lipinski definition) is 2. The molecule has 0 aliphatic carbocycles. The third-order valence-corrected chi connectivity index (χ3v) is 4.60. The van der Waals surface area contributed by atoms with Gasteiger partial charge in [-0.25, -0.2) is 0 Å². The number of carbonyl (C=O) groups is 1. The summed E-state index contributed by atoms with van der Waals surface area (Å²) in [4.78, 5) is 12.3. The van der Waals surface area contributed by atoms with Crippen LogP contribution in [0.3, 0.4) is 0 Å². The average Bonchev–Trinajstić information content (AvgIpc) is 2.38. The van der Waals surface area contributed by atoms with E-state index in [4.69, 9.17) is 28.9 Å². The zero-order chi connectivity index (χ0) is 15.4. The predicted molar refractivity (Wildman–Crippen MR) is 87.2 cm³/mol. The molecular weight excluding hydrogens is 331 g/mol. The Morgan fingerprint density at radius 2 is 1.95 bits per heavy atom. The van der Waals surface area contributed by atoms with Gasteiger partial charge in [0.2, 0.25) is 5.91 Å². The van der Waals surface area contributed by atoms with Crippen molar-refractivity contribution < 1.29 is 9.00 Å². The summed E-state index contributed by atoms with van der Waals surface area (Å²) in [6.45, 7) is 0. The molecule has 0 saturated carbocycles. The van der Waals surface area contributed by atoms with Crippen molar-refractivity contribution in [3.8, 4) is 0 Å². The third-order valence-electron chi connectivity index (χ3n) is 2.57. The van der Waals surface area contributed by atoms with Gasteiger partial charge in [0, 0.05) is 16.4 Å². The molecule has 0 saturated heterocycles. The van der Waals surface area contributed by atoms with Gasteiger partial charge in [0.25, 0.3) is 0 Å². The molecule has 1 unspecified atom stereocenters. The summed E-state index contributed by atoms with van der Waals surface area (Å²) in [5.41, 5.74) is 6.60. The number of halogens is 2. The smallest absolute Gasteiger partial charge is 0.237 e. The van der Waals surface area contributed by atoms with E-state index in [1.165, 1.54) is 6.07 Å². The number of anilines is 2. The minimum Gasteiger partial charge on any atom is -0.399 e. The van der Waals surface area contributed by atoms with Crippen LogP contribution in [-0.2, 0) is 15.6 Å². The van der Waals surface area contributed by atoms with Crippen molar-refractivity contribution in [3.05, 3.63) is 52.5 Å². The van der Waals surface area contributed by atoms with Crippen molar-refractivity contribution in [3.63, 3.8) is 0 Å². The van der Waals surface area contributed by atoms with Crippen LogP contribution in [0.25, 0.3) is 0 Å². The molecule has 2 aromatic rings. The quantitative estimate of drug-likeness (QED) is 0.837. The highest BCUT2D eigenvalue weighted by atomic mass is 35.5. The SMILES string of the molecule is Nc1ccc(S(=O)CC(=O)Nc2cccc(Cl)c2)c(Cl)c1.